The average molecular weight is 192 g/mol. The Hall–Kier alpha value is -1.44. The maximum absolute atomic E-state index is 10.7. The number of nitro groups is 1. The van der Waals surface area contributed by atoms with Crippen LogP contribution in [0.3, 0.4) is 0 Å². The molecule has 0 saturated carbocycles. The van der Waals surface area contributed by atoms with Crippen LogP contribution < -0.4 is 4.72 Å². The van der Waals surface area contributed by atoms with Crippen molar-refractivity contribution in [3.8, 4) is 0 Å². The van der Waals surface area contributed by atoms with Crippen LogP contribution in [0.5, 0.6) is 0 Å². The van der Waals surface area contributed by atoms with Crippen molar-refractivity contribution in [3.05, 3.63) is 21.6 Å². The summed E-state index contributed by atoms with van der Waals surface area (Å²) in [4.78, 5) is 19.9. The third kappa shape index (κ3) is 1.59. The number of nitrogens with zero attached hydrogens (tertiary/aromatic N) is 1. The number of carbonyl (C=O) groups excluding carboxylic acids is 1. The first-order valence-electron chi connectivity index (χ1n) is 2.81. The first kappa shape index (κ1) is 8.65. The van der Waals surface area contributed by atoms with E-state index in [2.05, 4.69) is 0 Å². The van der Waals surface area contributed by atoms with Crippen molar-refractivity contribution < 1.29 is 18.1 Å². The standard InChI is InChI=1S/C4H4N2O5S/c7-4-3(6(8)9)1-2-12(10,11)5-4/h1-3H,(H,5,7). The van der Waals surface area contributed by atoms with Gasteiger partial charge in [-0.25, -0.2) is 13.1 Å². The lowest BCUT2D eigenvalue weighted by atomic mass is 10.3. The van der Waals surface area contributed by atoms with Crippen LogP contribution in [0.1, 0.15) is 0 Å². The predicted molar refractivity (Wildman–Crippen MR) is 37.0 cm³/mol. The first-order valence-corrected chi connectivity index (χ1v) is 4.35. The molecule has 1 aliphatic heterocycles. The minimum Gasteiger partial charge on any atom is -0.266 e. The third-order valence-electron chi connectivity index (χ3n) is 1.18. The van der Waals surface area contributed by atoms with Crippen molar-refractivity contribution in [1.82, 2.24) is 4.72 Å². The Balaban J connectivity index is 3.02. The van der Waals surface area contributed by atoms with Gasteiger partial charge in [0, 0.05) is 11.0 Å². The van der Waals surface area contributed by atoms with E-state index in [0.717, 1.165) is 6.08 Å². The lowest BCUT2D eigenvalue weighted by Crippen LogP contribution is -2.43. The Morgan fingerprint density at radius 2 is 2.17 bits per heavy atom. The van der Waals surface area contributed by atoms with Crippen LogP contribution in [0.15, 0.2) is 11.5 Å². The van der Waals surface area contributed by atoms with Gasteiger partial charge in [-0.05, 0) is 0 Å². The Kier molecular flexibility index (Phi) is 1.84. The van der Waals surface area contributed by atoms with Gasteiger partial charge >= 0.3 is 11.9 Å². The molecule has 7 nitrogen and oxygen atoms in total. The second kappa shape index (κ2) is 2.55. The summed E-state index contributed by atoms with van der Waals surface area (Å²) in [7, 11) is -3.78. The Labute approximate surface area is 67.3 Å². The van der Waals surface area contributed by atoms with Gasteiger partial charge in [0.15, 0.2) is 0 Å². The molecule has 1 unspecified atom stereocenters. The Bertz CT molecular complexity index is 356. The summed E-state index contributed by atoms with van der Waals surface area (Å²) < 4.78 is 22.7. The molecule has 0 aromatic rings. The van der Waals surface area contributed by atoms with Crippen molar-refractivity contribution in [2.45, 2.75) is 6.04 Å². The molecule has 0 fully saturated rings. The van der Waals surface area contributed by atoms with Gasteiger partial charge in [-0.15, -0.1) is 0 Å². The van der Waals surface area contributed by atoms with Crippen LogP contribution in [0, 0.1) is 10.1 Å². The smallest absolute Gasteiger partial charge is 0.266 e. The molecule has 0 bridgehead atoms. The topological polar surface area (TPSA) is 106 Å². The summed E-state index contributed by atoms with van der Waals surface area (Å²) in [5, 5.41) is 10.7. The summed E-state index contributed by atoms with van der Waals surface area (Å²) in [6.45, 7) is 0. The molecule has 1 amide bonds. The van der Waals surface area contributed by atoms with Crippen LogP contribution in [0.25, 0.3) is 0 Å². The Morgan fingerprint density at radius 3 is 2.58 bits per heavy atom. The fourth-order valence-electron chi connectivity index (χ4n) is 0.666. The lowest BCUT2D eigenvalue weighted by molar-refractivity contribution is -0.495. The zero-order valence-corrected chi connectivity index (χ0v) is 6.45. The van der Waals surface area contributed by atoms with E-state index in [1.165, 1.54) is 4.72 Å². The van der Waals surface area contributed by atoms with Gasteiger partial charge in [0.2, 0.25) is 0 Å². The Morgan fingerprint density at radius 1 is 1.58 bits per heavy atom. The average Bonchev–Trinajstić information content (AvgIpc) is 1.83. The molecule has 1 heterocycles. The molecule has 0 aromatic heterocycles. The molecule has 8 heteroatoms. The minimum absolute atomic E-state index is 0.599. The van der Waals surface area contributed by atoms with Crippen molar-refractivity contribution in [2.75, 3.05) is 0 Å². The van der Waals surface area contributed by atoms with Crippen molar-refractivity contribution >= 4 is 15.9 Å². The summed E-state index contributed by atoms with van der Waals surface area (Å²) in [6, 6.07) is -1.60. The fourth-order valence-corrected chi connectivity index (χ4v) is 1.49. The zero-order chi connectivity index (χ0) is 9.35. The molecular formula is C4H4N2O5S. The highest BCUT2D eigenvalue weighted by Crippen LogP contribution is 2.03. The summed E-state index contributed by atoms with van der Waals surface area (Å²) in [5.41, 5.74) is 0. The van der Waals surface area contributed by atoms with E-state index in [9.17, 15) is 23.3 Å². The minimum atomic E-state index is -3.78. The quantitative estimate of drug-likeness (QED) is 0.406. The molecule has 1 N–H and O–H groups in total. The number of hydrogen-bond acceptors (Lipinski definition) is 5. The molecule has 0 aromatic carbocycles. The summed E-state index contributed by atoms with van der Waals surface area (Å²) in [6.07, 6.45) is 0.730. The zero-order valence-electron chi connectivity index (χ0n) is 5.63. The van der Waals surface area contributed by atoms with E-state index in [1.54, 1.807) is 0 Å². The van der Waals surface area contributed by atoms with Gasteiger partial charge in [0.25, 0.3) is 10.0 Å². The molecule has 0 aliphatic carbocycles. The molecule has 1 atom stereocenters. The maximum atomic E-state index is 10.7. The fraction of sp³-hybridized carbons (Fsp3) is 0.250. The number of nitrogens with one attached hydrogen (secondary N) is 1. The van der Waals surface area contributed by atoms with Crippen LogP contribution >= 0.6 is 0 Å². The highest BCUT2D eigenvalue weighted by Gasteiger charge is 2.33. The van der Waals surface area contributed by atoms with Gasteiger partial charge < -0.3 is 0 Å². The molecule has 0 radical (unpaired) electrons. The lowest BCUT2D eigenvalue weighted by Gasteiger charge is -2.09. The van der Waals surface area contributed by atoms with Crippen LogP contribution in [-0.2, 0) is 14.8 Å². The van der Waals surface area contributed by atoms with Gasteiger partial charge in [0.1, 0.15) is 0 Å². The van der Waals surface area contributed by atoms with E-state index in [-0.39, 0.29) is 0 Å². The number of carbonyl (C=O) groups is 1. The summed E-state index contributed by atoms with van der Waals surface area (Å²) >= 11 is 0. The molecule has 1 aliphatic rings. The monoisotopic (exact) mass is 192 g/mol. The molecule has 1 rings (SSSR count). The number of hydrogen-bond donors (Lipinski definition) is 1. The number of rotatable bonds is 1. The van der Waals surface area contributed by atoms with Gasteiger partial charge in [0.05, 0.1) is 5.41 Å². The number of amides is 1. The van der Waals surface area contributed by atoms with Crippen LogP contribution in [0.4, 0.5) is 0 Å². The highest BCUT2D eigenvalue weighted by atomic mass is 32.2. The molecular weight excluding hydrogens is 188 g/mol. The van der Waals surface area contributed by atoms with E-state index in [1.807, 2.05) is 0 Å². The first-order chi connectivity index (χ1) is 5.42. The van der Waals surface area contributed by atoms with Crippen LogP contribution in [-0.4, -0.2) is 25.3 Å². The van der Waals surface area contributed by atoms with E-state index < -0.39 is 26.9 Å². The highest BCUT2D eigenvalue weighted by molar-refractivity contribution is 7.93. The normalized spacial score (nSPS) is 26.3. The van der Waals surface area contributed by atoms with E-state index >= 15 is 0 Å². The molecule has 66 valence electrons. The summed E-state index contributed by atoms with van der Waals surface area (Å²) in [5.74, 6) is -1.14. The molecule has 0 saturated heterocycles. The van der Waals surface area contributed by atoms with E-state index in [0.29, 0.717) is 5.41 Å². The second-order valence-corrected chi connectivity index (χ2v) is 3.64. The second-order valence-electron chi connectivity index (χ2n) is 2.07. The van der Waals surface area contributed by atoms with Gasteiger partial charge in [-0.1, -0.05) is 0 Å². The van der Waals surface area contributed by atoms with E-state index in [4.69, 9.17) is 0 Å². The van der Waals surface area contributed by atoms with Crippen molar-refractivity contribution in [1.29, 1.82) is 0 Å². The molecule has 12 heavy (non-hydrogen) atoms. The van der Waals surface area contributed by atoms with Crippen molar-refractivity contribution in [2.24, 2.45) is 0 Å². The molecule has 0 spiro atoms. The largest absolute Gasteiger partial charge is 0.312 e. The number of sulfonamides is 1. The maximum Gasteiger partial charge on any atom is 0.312 e. The van der Waals surface area contributed by atoms with Gasteiger partial charge in [-0.2, -0.15) is 0 Å². The van der Waals surface area contributed by atoms with Crippen LogP contribution in [0.2, 0.25) is 0 Å². The third-order valence-corrected chi connectivity index (χ3v) is 2.18. The van der Waals surface area contributed by atoms with Crippen molar-refractivity contribution in [3.63, 3.8) is 0 Å². The predicted octanol–water partition coefficient (Wildman–Crippen LogP) is -1.39. The SMILES string of the molecule is O=C1NS(=O)(=O)C=CC1[N+](=O)[O-]. The van der Waals surface area contributed by atoms with Gasteiger partial charge in [-0.3, -0.25) is 14.9 Å².